The Morgan fingerprint density at radius 2 is 1.87 bits per heavy atom. The Morgan fingerprint density at radius 1 is 1.05 bits per heavy atom. The van der Waals surface area contributed by atoms with E-state index >= 15 is 0 Å². The molecule has 12 heteroatoms. The van der Waals surface area contributed by atoms with Gasteiger partial charge in [-0.25, -0.2) is 9.97 Å². The van der Waals surface area contributed by atoms with E-state index in [1.807, 2.05) is 17.0 Å². The van der Waals surface area contributed by atoms with E-state index in [2.05, 4.69) is 25.6 Å². The van der Waals surface area contributed by atoms with Crippen molar-refractivity contribution in [2.45, 2.75) is 6.18 Å². The van der Waals surface area contributed by atoms with E-state index < -0.39 is 11.7 Å². The summed E-state index contributed by atoms with van der Waals surface area (Å²) in [5.41, 5.74) is 4.43. The fourth-order valence-corrected chi connectivity index (χ4v) is 5.17. The van der Waals surface area contributed by atoms with Gasteiger partial charge in [0.25, 0.3) is 5.91 Å². The number of nitrogens with one attached hydrogen (secondary N) is 3. The van der Waals surface area contributed by atoms with Gasteiger partial charge in [0.15, 0.2) is 0 Å². The predicted molar refractivity (Wildman–Crippen MR) is 141 cm³/mol. The molecule has 3 aromatic carbocycles. The van der Waals surface area contributed by atoms with Crippen molar-refractivity contribution in [3.05, 3.63) is 71.2 Å². The maximum absolute atomic E-state index is 13.5. The van der Waals surface area contributed by atoms with Crippen LogP contribution in [0.2, 0.25) is 0 Å². The quantitative estimate of drug-likeness (QED) is 0.253. The molecule has 1 fully saturated rings. The lowest BCUT2D eigenvalue weighted by Gasteiger charge is -2.30. The SMILES string of the molecule is O=C(Nc1ccc2ncsc2c1)c1cc2[nH]c(Nc3ccccc3C(F)(F)F)nc2cc1N1CCOCC1. The zero-order valence-corrected chi connectivity index (χ0v) is 20.6. The van der Waals surface area contributed by atoms with E-state index in [1.54, 1.807) is 23.7 Å². The van der Waals surface area contributed by atoms with Crippen molar-refractivity contribution < 1.29 is 22.7 Å². The Morgan fingerprint density at radius 3 is 2.68 bits per heavy atom. The summed E-state index contributed by atoms with van der Waals surface area (Å²) in [6.07, 6.45) is -4.52. The summed E-state index contributed by atoms with van der Waals surface area (Å²) >= 11 is 1.48. The molecule has 6 rings (SSSR count). The average Bonchev–Trinajstić information content (AvgIpc) is 3.53. The fraction of sp³-hybridized carbons (Fsp3) is 0.192. The first-order valence-corrected chi connectivity index (χ1v) is 12.7. The number of imidazole rings is 1. The molecule has 2 aromatic heterocycles. The lowest BCUT2D eigenvalue weighted by Crippen LogP contribution is -2.37. The highest BCUT2D eigenvalue weighted by molar-refractivity contribution is 7.16. The van der Waals surface area contributed by atoms with Crippen LogP contribution in [0.1, 0.15) is 15.9 Å². The Kier molecular flexibility index (Phi) is 6.12. The third kappa shape index (κ3) is 4.75. The number of fused-ring (bicyclic) bond motifs is 2. The van der Waals surface area contributed by atoms with Crippen molar-refractivity contribution in [1.82, 2.24) is 15.0 Å². The van der Waals surface area contributed by atoms with Gasteiger partial charge in [0, 0.05) is 18.8 Å². The lowest BCUT2D eigenvalue weighted by molar-refractivity contribution is -0.136. The monoisotopic (exact) mass is 538 g/mol. The third-order valence-corrected chi connectivity index (χ3v) is 7.06. The molecular formula is C26H21F3N6O2S. The molecule has 0 radical (unpaired) electrons. The number of rotatable bonds is 5. The molecule has 194 valence electrons. The third-order valence-electron chi connectivity index (χ3n) is 6.27. The average molecular weight is 539 g/mol. The van der Waals surface area contributed by atoms with Crippen LogP contribution in [0.25, 0.3) is 21.3 Å². The number of nitrogens with zero attached hydrogens (tertiary/aromatic N) is 3. The van der Waals surface area contributed by atoms with Gasteiger partial charge in [-0.3, -0.25) is 4.79 Å². The summed E-state index contributed by atoms with van der Waals surface area (Å²) in [4.78, 5) is 27.3. The van der Waals surface area contributed by atoms with Gasteiger partial charge in [-0.1, -0.05) is 12.1 Å². The molecule has 1 saturated heterocycles. The first kappa shape index (κ1) is 24.2. The zero-order valence-electron chi connectivity index (χ0n) is 19.8. The molecule has 0 atom stereocenters. The minimum absolute atomic E-state index is 0.121. The van der Waals surface area contributed by atoms with Crippen LogP contribution in [0.3, 0.4) is 0 Å². The Labute approximate surface area is 218 Å². The molecule has 5 aromatic rings. The van der Waals surface area contributed by atoms with Gasteiger partial charge in [0.2, 0.25) is 5.95 Å². The number of aromatic nitrogens is 3. The normalized spacial score (nSPS) is 14.2. The van der Waals surface area contributed by atoms with E-state index in [0.717, 1.165) is 16.3 Å². The Balaban J connectivity index is 1.36. The Bertz CT molecular complexity index is 1640. The number of carbonyl (C=O) groups excluding carboxylic acids is 1. The zero-order chi connectivity index (χ0) is 26.3. The molecule has 8 nitrogen and oxygen atoms in total. The molecule has 0 unspecified atom stereocenters. The van der Waals surface area contributed by atoms with Crippen LogP contribution in [-0.4, -0.2) is 47.2 Å². The molecule has 3 heterocycles. The number of benzene rings is 3. The summed E-state index contributed by atoms with van der Waals surface area (Å²) in [6, 6.07) is 14.2. The van der Waals surface area contributed by atoms with Crippen molar-refractivity contribution in [1.29, 1.82) is 0 Å². The van der Waals surface area contributed by atoms with Gasteiger partial charge in [-0.15, -0.1) is 11.3 Å². The second kappa shape index (κ2) is 9.62. The number of halogens is 3. The number of H-pyrrole nitrogens is 1. The predicted octanol–water partition coefficient (Wildman–Crippen LogP) is 6.02. The largest absolute Gasteiger partial charge is 0.418 e. The molecule has 38 heavy (non-hydrogen) atoms. The van der Waals surface area contributed by atoms with Crippen LogP contribution >= 0.6 is 11.3 Å². The first-order chi connectivity index (χ1) is 18.3. The number of anilines is 4. The number of hydrogen-bond acceptors (Lipinski definition) is 7. The van der Waals surface area contributed by atoms with Gasteiger partial charge in [-0.2, -0.15) is 13.2 Å². The number of alkyl halides is 3. The van der Waals surface area contributed by atoms with Crippen molar-refractivity contribution >= 4 is 61.5 Å². The highest BCUT2D eigenvalue weighted by Gasteiger charge is 2.33. The molecule has 0 bridgehead atoms. The van der Waals surface area contributed by atoms with E-state index in [-0.39, 0.29) is 17.5 Å². The van der Waals surface area contributed by atoms with E-state index in [1.165, 1.54) is 29.5 Å². The molecule has 1 aliphatic rings. The van der Waals surface area contributed by atoms with Crippen molar-refractivity contribution in [3.8, 4) is 0 Å². The standard InChI is InChI=1S/C26H21F3N6O2S/c27-26(28,29)17-3-1-2-4-18(17)32-25-33-20-12-16(22(13-21(20)34-25)35-7-9-37-10-8-35)24(36)31-15-5-6-19-23(11-15)38-14-30-19/h1-6,11-14H,7-10H2,(H,31,36)(H2,32,33,34). The van der Waals surface area contributed by atoms with Gasteiger partial charge in [0.1, 0.15) is 0 Å². The van der Waals surface area contributed by atoms with Crippen molar-refractivity contribution in [3.63, 3.8) is 0 Å². The minimum Gasteiger partial charge on any atom is -0.378 e. The fourth-order valence-electron chi connectivity index (χ4n) is 4.45. The number of amides is 1. The smallest absolute Gasteiger partial charge is 0.378 e. The number of ether oxygens (including phenoxy) is 1. The van der Waals surface area contributed by atoms with Crippen LogP contribution in [0, 0.1) is 0 Å². The second-order valence-corrected chi connectivity index (χ2v) is 9.62. The summed E-state index contributed by atoms with van der Waals surface area (Å²) in [6.45, 7) is 2.21. The van der Waals surface area contributed by atoms with E-state index in [4.69, 9.17) is 4.74 Å². The van der Waals surface area contributed by atoms with Gasteiger partial charge < -0.3 is 25.3 Å². The first-order valence-electron chi connectivity index (χ1n) is 11.8. The van der Waals surface area contributed by atoms with Crippen LogP contribution in [0.15, 0.2) is 60.1 Å². The summed E-state index contributed by atoms with van der Waals surface area (Å²) < 4.78 is 46.8. The highest BCUT2D eigenvalue weighted by Crippen LogP contribution is 2.36. The maximum Gasteiger partial charge on any atom is 0.418 e. The maximum atomic E-state index is 13.5. The molecule has 1 amide bonds. The highest BCUT2D eigenvalue weighted by atomic mass is 32.1. The van der Waals surface area contributed by atoms with Crippen molar-refractivity contribution in [2.75, 3.05) is 41.8 Å². The molecular weight excluding hydrogens is 517 g/mol. The Hall–Kier alpha value is -4.16. The van der Waals surface area contributed by atoms with Crippen LogP contribution in [0.5, 0.6) is 0 Å². The van der Waals surface area contributed by atoms with Gasteiger partial charge in [-0.05, 0) is 42.5 Å². The topological polar surface area (TPSA) is 95.2 Å². The molecule has 0 spiro atoms. The summed E-state index contributed by atoms with van der Waals surface area (Å²) in [5.74, 6) is -0.179. The molecule has 1 aliphatic heterocycles. The lowest BCUT2D eigenvalue weighted by atomic mass is 10.1. The number of hydrogen-bond donors (Lipinski definition) is 3. The van der Waals surface area contributed by atoms with Crippen LogP contribution in [0.4, 0.5) is 36.2 Å². The number of para-hydroxylation sites is 1. The molecule has 3 N–H and O–H groups in total. The number of aromatic amines is 1. The van der Waals surface area contributed by atoms with Crippen LogP contribution < -0.4 is 15.5 Å². The number of carbonyl (C=O) groups is 1. The summed E-state index contributed by atoms with van der Waals surface area (Å²) in [5, 5.41) is 5.71. The summed E-state index contributed by atoms with van der Waals surface area (Å²) in [7, 11) is 0. The number of morpholine rings is 1. The number of thiazole rings is 1. The van der Waals surface area contributed by atoms with Crippen LogP contribution in [-0.2, 0) is 10.9 Å². The van der Waals surface area contributed by atoms with Gasteiger partial charge >= 0.3 is 6.18 Å². The molecule has 0 aliphatic carbocycles. The molecule has 0 saturated carbocycles. The van der Waals surface area contributed by atoms with Crippen molar-refractivity contribution in [2.24, 2.45) is 0 Å². The second-order valence-electron chi connectivity index (χ2n) is 8.73. The van der Waals surface area contributed by atoms with Gasteiger partial charge in [0.05, 0.1) is 62.5 Å². The van der Waals surface area contributed by atoms with E-state index in [0.29, 0.717) is 54.3 Å². The van der Waals surface area contributed by atoms with E-state index in [9.17, 15) is 18.0 Å². The minimum atomic E-state index is -4.52.